The standard InChI is InChI=1S/C10H15N3O3/c1-7(6-12-4-2-3-5-12)13-9(15)8(14)11-10(13)16/h7H,2-6H2,1H3,(H,11,14,16). The Morgan fingerprint density at radius 3 is 2.38 bits per heavy atom. The molecule has 4 amide bonds. The molecule has 2 rings (SSSR count). The van der Waals surface area contributed by atoms with Crippen molar-refractivity contribution in [2.24, 2.45) is 0 Å². The summed E-state index contributed by atoms with van der Waals surface area (Å²) < 4.78 is 0. The van der Waals surface area contributed by atoms with Crippen LogP contribution >= 0.6 is 0 Å². The van der Waals surface area contributed by atoms with E-state index in [1.54, 1.807) is 6.92 Å². The van der Waals surface area contributed by atoms with Gasteiger partial charge in [0.25, 0.3) is 0 Å². The highest BCUT2D eigenvalue weighted by molar-refractivity contribution is 6.44. The summed E-state index contributed by atoms with van der Waals surface area (Å²) in [5.41, 5.74) is 0. The van der Waals surface area contributed by atoms with Gasteiger partial charge in [-0.25, -0.2) is 4.79 Å². The van der Waals surface area contributed by atoms with Crippen molar-refractivity contribution < 1.29 is 14.4 Å². The average molecular weight is 225 g/mol. The number of carbonyl (C=O) groups excluding carboxylic acids is 3. The van der Waals surface area contributed by atoms with Gasteiger partial charge in [0, 0.05) is 6.54 Å². The van der Waals surface area contributed by atoms with Gasteiger partial charge in [0.2, 0.25) is 0 Å². The Kier molecular flexibility index (Phi) is 2.91. The second-order valence-electron chi connectivity index (χ2n) is 4.29. The lowest BCUT2D eigenvalue weighted by Gasteiger charge is -2.25. The molecule has 2 saturated heterocycles. The summed E-state index contributed by atoms with van der Waals surface area (Å²) in [5, 5.41) is 2.00. The highest BCUT2D eigenvalue weighted by atomic mass is 16.2. The van der Waals surface area contributed by atoms with Gasteiger partial charge in [-0.3, -0.25) is 19.8 Å². The van der Waals surface area contributed by atoms with E-state index in [4.69, 9.17) is 0 Å². The van der Waals surface area contributed by atoms with E-state index in [1.165, 1.54) is 0 Å². The maximum atomic E-state index is 11.4. The molecule has 0 bridgehead atoms. The lowest BCUT2D eigenvalue weighted by atomic mass is 10.2. The number of imide groups is 2. The number of carbonyl (C=O) groups is 3. The summed E-state index contributed by atoms with van der Waals surface area (Å²) in [7, 11) is 0. The fraction of sp³-hybridized carbons (Fsp3) is 0.700. The van der Waals surface area contributed by atoms with Crippen LogP contribution in [-0.2, 0) is 9.59 Å². The van der Waals surface area contributed by atoms with E-state index in [0.717, 1.165) is 30.8 Å². The first-order valence-corrected chi connectivity index (χ1v) is 5.50. The van der Waals surface area contributed by atoms with Crippen LogP contribution in [0.2, 0.25) is 0 Å². The summed E-state index contributed by atoms with van der Waals surface area (Å²) in [5.74, 6) is -1.56. The molecule has 6 nitrogen and oxygen atoms in total. The van der Waals surface area contributed by atoms with Gasteiger partial charge in [0.1, 0.15) is 0 Å². The number of urea groups is 1. The van der Waals surface area contributed by atoms with Crippen molar-refractivity contribution in [3.63, 3.8) is 0 Å². The van der Waals surface area contributed by atoms with Crippen LogP contribution in [0.1, 0.15) is 19.8 Å². The van der Waals surface area contributed by atoms with Crippen LogP contribution in [0.4, 0.5) is 4.79 Å². The summed E-state index contributed by atoms with van der Waals surface area (Å²) in [6.45, 7) is 4.44. The average Bonchev–Trinajstić information content (AvgIpc) is 2.77. The Labute approximate surface area is 93.6 Å². The van der Waals surface area contributed by atoms with Crippen LogP contribution in [0.25, 0.3) is 0 Å². The van der Waals surface area contributed by atoms with Crippen LogP contribution in [0, 0.1) is 0 Å². The number of nitrogens with zero attached hydrogens (tertiary/aromatic N) is 2. The molecule has 2 aliphatic heterocycles. The highest BCUT2D eigenvalue weighted by Crippen LogP contribution is 2.12. The topological polar surface area (TPSA) is 69.7 Å². The monoisotopic (exact) mass is 225 g/mol. The van der Waals surface area contributed by atoms with Crippen LogP contribution in [0.5, 0.6) is 0 Å². The normalized spacial score (nSPS) is 24.1. The number of nitrogens with one attached hydrogen (secondary N) is 1. The van der Waals surface area contributed by atoms with Crippen molar-refractivity contribution in [2.75, 3.05) is 19.6 Å². The molecule has 0 saturated carbocycles. The van der Waals surface area contributed by atoms with E-state index in [1.807, 2.05) is 5.32 Å². The van der Waals surface area contributed by atoms with Crippen LogP contribution < -0.4 is 5.32 Å². The highest BCUT2D eigenvalue weighted by Gasteiger charge is 2.40. The second kappa shape index (κ2) is 4.21. The van der Waals surface area contributed by atoms with Crippen LogP contribution in [0.15, 0.2) is 0 Å². The molecule has 1 N–H and O–H groups in total. The predicted octanol–water partition coefficient (Wildman–Crippen LogP) is -0.451. The number of rotatable bonds is 3. The third kappa shape index (κ3) is 1.92. The molecule has 16 heavy (non-hydrogen) atoms. The molecule has 2 aliphatic rings. The van der Waals surface area contributed by atoms with E-state index in [-0.39, 0.29) is 6.04 Å². The van der Waals surface area contributed by atoms with Crippen molar-refractivity contribution in [3.8, 4) is 0 Å². The fourth-order valence-electron chi connectivity index (χ4n) is 2.23. The lowest BCUT2D eigenvalue weighted by molar-refractivity contribution is -0.141. The van der Waals surface area contributed by atoms with Gasteiger partial charge in [-0.15, -0.1) is 0 Å². The van der Waals surface area contributed by atoms with Gasteiger partial charge in [-0.05, 0) is 32.9 Å². The van der Waals surface area contributed by atoms with Gasteiger partial charge in [0.05, 0.1) is 6.04 Å². The Morgan fingerprint density at radius 2 is 1.88 bits per heavy atom. The maximum absolute atomic E-state index is 11.4. The van der Waals surface area contributed by atoms with E-state index < -0.39 is 17.8 Å². The van der Waals surface area contributed by atoms with Crippen LogP contribution in [-0.4, -0.2) is 53.3 Å². The van der Waals surface area contributed by atoms with Gasteiger partial charge >= 0.3 is 17.8 Å². The van der Waals surface area contributed by atoms with Gasteiger partial charge in [0.15, 0.2) is 0 Å². The first-order chi connectivity index (χ1) is 7.59. The lowest BCUT2D eigenvalue weighted by Crippen LogP contribution is -2.45. The Bertz CT molecular complexity index is 336. The third-order valence-corrected chi connectivity index (χ3v) is 3.01. The Morgan fingerprint density at radius 1 is 1.25 bits per heavy atom. The largest absolute Gasteiger partial charge is 0.331 e. The molecule has 0 aliphatic carbocycles. The van der Waals surface area contributed by atoms with E-state index in [9.17, 15) is 14.4 Å². The van der Waals surface area contributed by atoms with Crippen LogP contribution in [0.3, 0.4) is 0 Å². The predicted molar refractivity (Wildman–Crippen MR) is 55.5 cm³/mol. The van der Waals surface area contributed by atoms with E-state index in [0.29, 0.717) is 6.54 Å². The molecule has 2 fully saturated rings. The SMILES string of the molecule is CC(CN1CCCC1)N1C(=O)NC(=O)C1=O. The molecule has 0 spiro atoms. The molecule has 0 aromatic heterocycles. The number of amides is 4. The van der Waals surface area contributed by atoms with Crippen molar-refractivity contribution in [3.05, 3.63) is 0 Å². The van der Waals surface area contributed by atoms with Crippen molar-refractivity contribution in [1.82, 2.24) is 15.1 Å². The van der Waals surface area contributed by atoms with E-state index >= 15 is 0 Å². The minimum atomic E-state index is -0.821. The molecule has 88 valence electrons. The zero-order chi connectivity index (χ0) is 11.7. The molecule has 0 aromatic rings. The number of hydrogen-bond donors (Lipinski definition) is 1. The van der Waals surface area contributed by atoms with Crippen molar-refractivity contribution in [2.45, 2.75) is 25.8 Å². The van der Waals surface area contributed by atoms with Crippen molar-refractivity contribution >= 4 is 17.8 Å². The van der Waals surface area contributed by atoms with E-state index in [2.05, 4.69) is 4.90 Å². The minimum absolute atomic E-state index is 0.253. The molecule has 2 heterocycles. The molecule has 0 aromatic carbocycles. The zero-order valence-electron chi connectivity index (χ0n) is 9.23. The number of hydrogen-bond acceptors (Lipinski definition) is 4. The first-order valence-electron chi connectivity index (χ1n) is 5.50. The molecule has 6 heteroatoms. The molecule has 1 atom stereocenters. The molecular weight excluding hydrogens is 210 g/mol. The summed E-state index contributed by atoms with van der Waals surface area (Å²) in [6.07, 6.45) is 2.32. The molecule has 0 radical (unpaired) electrons. The van der Waals surface area contributed by atoms with Crippen molar-refractivity contribution in [1.29, 1.82) is 0 Å². The van der Waals surface area contributed by atoms with Gasteiger partial charge in [-0.1, -0.05) is 0 Å². The third-order valence-electron chi connectivity index (χ3n) is 3.01. The Balaban J connectivity index is 1.98. The summed E-state index contributed by atoms with van der Waals surface area (Å²) in [6, 6.07) is -0.848. The molecular formula is C10H15N3O3. The summed E-state index contributed by atoms with van der Waals surface area (Å²) in [4.78, 5) is 37.0. The first kappa shape index (κ1) is 11.1. The smallest absolute Gasteiger partial charge is 0.301 e. The fourth-order valence-corrected chi connectivity index (χ4v) is 2.23. The molecule has 1 unspecified atom stereocenters. The second-order valence-corrected chi connectivity index (χ2v) is 4.29. The van der Waals surface area contributed by atoms with Gasteiger partial charge in [-0.2, -0.15) is 0 Å². The summed E-state index contributed by atoms with van der Waals surface area (Å²) >= 11 is 0. The quantitative estimate of drug-likeness (QED) is 0.521. The zero-order valence-corrected chi connectivity index (χ0v) is 9.23. The Hall–Kier alpha value is -1.43. The minimum Gasteiger partial charge on any atom is -0.301 e. The maximum Gasteiger partial charge on any atom is 0.331 e. The van der Waals surface area contributed by atoms with Gasteiger partial charge < -0.3 is 4.90 Å². The number of likely N-dealkylation sites (tertiary alicyclic amines) is 1.